The number of carbonyl (C=O) groups excluding carboxylic acids is 2. The third-order valence-electron chi connectivity index (χ3n) is 13.9. The summed E-state index contributed by atoms with van der Waals surface area (Å²) in [5.41, 5.74) is 2.10. The number of amides is 2. The molecule has 436 valence electrons. The van der Waals surface area contributed by atoms with Crippen LogP contribution in [0, 0.1) is 11.6 Å². The molecule has 16 nitrogen and oxygen atoms in total. The molecule has 2 N–H and O–H groups in total. The maximum absolute atomic E-state index is 14.9. The predicted molar refractivity (Wildman–Crippen MR) is 310 cm³/mol. The molecule has 2 aliphatic rings. The van der Waals surface area contributed by atoms with Gasteiger partial charge in [-0.1, -0.05) is 133 Å². The van der Waals surface area contributed by atoms with Crippen molar-refractivity contribution in [2.75, 3.05) is 34.2 Å². The summed E-state index contributed by atoms with van der Waals surface area (Å²) in [6.07, 6.45) is -3.24. The minimum absolute atomic E-state index is 0.161. The summed E-state index contributed by atoms with van der Waals surface area (Å²) in [6, 6.07) is 34.9. The van der Waals surface area contributed by atoms with Crippen LogP contribution >= 0.6 is 46.4 Å². The van der Waals surface area contributed by atoms with Gasteiger partial charge in [0.05, 0.1) is 74.0 Å². The normalized spacial score (nSPS) is 20.1. The van der Waals surface area contributed by atoms with Gasteiger partial charge in [0.2, 0.25) is 20.0 Å². The Morgan fingerprint density at radius 1 is 0.524 bits per heavy atom. The van der Waals surface area contributed by atoms with Gasteiger partial charge in [0.1, 0.15) is 36.1 Å². The minimum Gasteiger partial charge on any atom is -0.481 e. The van der Waals surface area contributed by atoms with Crippen LogP contribution in [0.2, 0.25) is 20.1 Å². The molecule has 2 fully saturated rings. The van der Waals surface area contributed by atoms with Crippen molar-refractivity contribution in [2.45, 2.75) is 88.1 Å². The Kier molecular flexibility index (Phi) is 21.1. The number of carboxylic acid groups (broad SMARTS) is 2. The Labute approximate surface area is 494 Å². The number of nitrogens with zero attached hydrogens (tertiary/aromatic N) is 4. The average molecular weight is 1250 g/mol. The van der Waals surface area contributed by atoms with Crippen molar-refractivity contribution >= 4 is 102 Å². The first kappa shape index (κ1) is 63.2. The Morgan fingerprint density at radius 3 is 1.16 bits per heavy atom. The number of carbonyl (C=O) groups is 4. The molecule has 6 aromatic rings. The van der Waals surface area contributed by atoms with E-state index in [-0.39, 0.29) is 37.3 Å². The van der Waals surface area contributed by atoms with E-state index in [9.17, 15) is 55.0 Å². The van der Waals surface area contributed by atoms with Crippen LogP contribution < -0.4 is 8.61 Å². The van der Waals surface area contributed by atoms with Gasteiger partial charge < -0.3 is 29.5 Å². The zero-order chi connectivity index (χ0) is 59.8. The lowest BCUT2D eigenvalue weighted by molar-refractivity contribution is -0.183. The first-order valence-electron chi connectivity index (χ1n) is 25.7. The largest absolute Gasteiger partial charge is 0.481 e. The van der Waals surface area contributed by atoms with Gasteiger partial charge in [-0.15, -0.1) is 0 Å². The lowest BCUT2D eigenvalue weighted by atomic mass is 9.89. The lowest BCUT2D eigenvalue weighted by Crippen LogP contribution is -2.58. The number of morpholine rings is 2. The summed E-state index contributed by atoms with van der Waals surface area (Å²) < 4.78 is 95.7. The van der Waals surface area contributed by atoms with E-state index < -0.39 is 117 Å². The second-order valence-electron chi connectivity index (χ2n) is 19.5. The van der Waals surface area contributed by atoms with Crippen LogP contribution in [0.5, 0.6) is 0 Å². The molecule has 0 aliphatic carbocycles. The van der Waals surface area contributed by atoms with Crippen LogP contribution in [0.25, 0.3) is 0 Å². The first-order chi connectivity index (χ1) is 38.8. The van der Waals surface area contributed by atoms with Crippen LogP contribution in [0.4, 0.5) is 20.2 Å². The zero-order valence-corrected chi connectivity index (χ0v) is 49.2. The van der Waals surface area contributed by atoms with E-state index in [1.54, 1.807) is 111 Å². The third kappa shape index (κ3) is 15.2. The topological polar surface area (TPSA) is 208 Å². The second kappa shape index (κ2) is 27.4. The van der Waals surface area contributed by atoms with Crippen LogP contribution in [0.15, 0.2) is 146 Å². The maximum Gasteiger partial charge on any atom is 0.306 e. The number of rotatable bonds is 20. The number of hydrogen-bond donors (Lipinski definition) is 2. The number of hydrogen-bond acceptors (Lipinski definition) is 10. The molecule has 0 radical (unpaired) electrons. The summed E-state index contributed by atoms with van der Waals surface area (Å²) in [4.78, 5) is 54.5. The van der Waals surface area contributed by atoms with Crippen LogP contribution in [-0.2, 0) is 48.7 Å². The Balaban J connectivity index is 0.000000236. The van der Waals surface area contributed by atoms with Gasteiger partial charge in [-0.3, -0.25) is 27.8 Å². The van der Waals surface area contributed by atoms with E-state index >= 15 is 0 Å². The highest BCUT2D eigenvalue weighted by Gasteiger charge is 2.50. The molecule has 8 atom stereocenters. The van der Waals surface area contributed by atoms with Crippen molar-refractivity contribution < 1.29 is 64.5 Å². The van der Waals surface area contributed by atoms with Gasteiger partial charge in [-0.2, -0.15) is 0 Å². The van der Waals surface area contributed by atoms with E-state index in [0.29, 0.717) is 42.3 Å². The molecule has 0 aromatic heterocycles. The first-order valence-corrected chi connectivity index (χ1v) is 30.9. The van der Waals surface area contributed by atoms with Crippen molar-refractivity contribution in [3.63, 3.8) is 0 Å². The molecule has 24 heteroatoms. The zero-order valence-electron chi connectivity index (χ0n) is 44.6. The molecule has 2 aliphatic heterocycles. The van der Waals surface area contributed by atoms with E-state index in [1.165, 1.54) is 46.2 Å². The molecule has 8 rings (SSSR count). The summed E-state index contributed by atoms with van der Waals surface area (Å²) in [5.74, 6) is -5.21. The van der Waals surface area contributed by atoms with Gasteiger partial charge in [0, 0.05) is 20.1 Å². The predicted octanol–water partition coefficient (Wildman–Crippen LogP) is 11.7. The number of aliphatic carboxylic acids is 2. The number of benzene rings is 6. The number of ether oxygens (including phenoxy) is 2. The lowest BCUT2D eigenvalue weighted by Gasteiger charge is -2.48. The second-order valence-corrected chi connectivity index (χ2v) is 25.1. The summed E-state index contributed by atoms with van der Waals surface area (Å²) in [5, 5.41) is 20.9. The van der Waals surface area contributed by atoms with Crippen molar-refractivity contribution in [1.82, 2.24) is 9.80 Å². The fourth-order valence-electron chi connectivity index (χ4n) is 10.1. The van der Waals surface area contributed by atoms with Gasteiger partial charge >= 0.3 is 11.9 Å². The van der Waals surface area contributed by atoms with Gasteiger partial charge in [0.15, 0.2) is 0 Å². The Bertz CT molecular complexity index is 3270. The number of anilines is 2. The minimum atomic E-state index is -4.00. The average Bonchev–Trinajstić information content (AvgIpc) is 3.60. The van der Waals surface area contributed by atoms with Gasteiger partial charge in [-0.05, 0) is 108 Å². The fraction of sp³-hybridized carbons (Fsp3) is 0.310. The number of carboxylic acids is 2. The smallest absolute Gasteiger partial charge is 0.306 e. The van der Waals surface area contributed by atoms with Crippen LogP contribution in [-0.4, -0.2) is 110 Å². The number of halogens is 6. The summed E-state index contributed by atoms with van der Waals surface area (Å²) in [7, 11) is -8.00. The van der Waals surface area contributed by atoms with Gasteiger partial charge in [0.25, 0.3) is 11.8 Å². The standard InChI is InChI=1S/2C29H29Cl2FN2O6S/c2*1-3-22(17-33(41(2,38)39)24-10-5-4-9-23(24)32)34-27(18-11-13-20(30)14-12-18)28(19-7-6-8-21(31)15-19)40-25(29(34)37)16-26(35)36/h2*4-15,22,25,27-28H,3,16-17H2,1-2H3,(H,35,36)/t22-,25+,27+,28+;22-,25-,27+,28+/m00/s1. The molecule has 2 heterocycles. The van der Waals surface area contributed by atoms with Crippen molar-refractivity contribution in [2.24, 2.45) is 0 Å². The Hall–Kier alpha value is -6.36. The van der Waals surface area contributed by atoms with Crippen LogP contribution in [0.1, 0.15) is 86.1 Å². The molecule has 0 spiro atoms. The molecular formula is C58H58Cl4F2N4O12S2. The highest BCUT2D eigenvalue weighted by atomic mass is 35.5. The highest BCUT2D eigenvalue weighted by Crippen LogP contribution is 2.47. The van der Waals surface area contributed by atoms with Crippen LogP contribution in [0.3, 0.4) is 0 Å². The molecule has 2 amide bonds. The highest BCUT2D eigenvalue weighted by molar-refractivity contribution is 7.92. The summed E-state index contributed by atoms with van der Waals surface area (Å²) >= 11 is 24.9. The SMILES string of the molecule is CC[C@@H](CN(c1ccccc1F)S(C)(=O)=O)N1C(=O)[C@@H](CC(=O)O)O[C@H](c2cccc(Cl)c2)[C@H]1c1ccc(Cl)cc1.CC[C@@H](CN(c1ccccc1F)S(C)(=O)=O)N1C(=O)[C@H](CC(=O)O)O[C@H](c2cccc(Cl)c2)[C@H]1c1ccc(Cl)cc1. The van der Waals surface area contributed by atoms with E-state index in [4.69, 9.17) is 55.9 Å². The fourth-order valence-corrected chi connectivity index (χ4v) is 12.7. The molecule has 0 unspecified atom stereocenters. The molecule has 0 bridgehead atoms. The van der Waals surface area contributed by atoms with Crippen molar-refractivity contribution in [3.05, 3.63) is 200 Å². The third-order valence-corrected chi connectivity index (χ3v) is 17.1. The van der Waals surface area contributed by atoms with Crippen molar-refractivity contribution in [3.8, 4) is 0 Å². The quantitative estimate of drug-likeness (QED) is 0.0732. The molecule has 82 heavy (non-hydrogen) atoms. The summed E-state index contributed by atoms with van der Waals surface area (Å²) in [6.45, 7) is 2.98. The monoisotopic (exact) mass is 1240 g/mol. The van der Waals surface area contributed by atoms with Crippen molar-refractivity contribution in [1.29, 1.82) is 0 Å². The molecule has 2 saturated heterocycles. The Morgan fingerprint density at radius 2 is 0.866 bits per heavy atom. The van der Waals surface area contributed by atoms with E-state index in [2.05, 4.69) is 0 Å². The molecular weight excluding hydrogens is 1190 g/mol. The number of para-hydroxylation sites is 2. The molecule has 0 saturated carbocycles. The number of sulfonamides is 2. The van der Waals surface area contributed by atoms with E-state index in [1.807, 2.05) is 0 Å². The maximum atomic E-state index is 14.9. The van der Waals surface area contributed by atoms with E-state index in [0.717, 1.165) is 33.3 Å². The van der Waals surface area contributed by atoms with Gasteiger partial charge in [-0.25, -0.2) is 25.6 Å². The molecule has 6 aromatic carbocycles.